The Bertz CT molecular complexity index is 1380. The molecule has 0 aromatic carbocycles. The second-order valence-corrected chi connectivity index (χ2v) is 10.1. The van der Waals surface area contributed by atoms with Crippen molar-refractivity contribution in [2.24, 2.45) is 0 Å². The number of hydrogen-bond acceptors (Lipinski definition) is 9. The first kappa shape index (κ1) is 51.7. The Morgan fingerprint density at radius 1 is 0.787 bits per heavy atom. The van der Waals surface area contributed by atoms with Crippen molar-refractivity contribution < 1.29 is 121 Å². The van der Waals surface area contributed by atoms with Gasteiger partial charge in [-0.05, 0) is 41.9 Å². The number of aliphatic hydroxyl groups is 1. The maximum atomic E-state index is 11.8. The Balaban J connectivity index is -0.0000000342. The summed E-state index contributed by atoms with van der Waals surface area (Å²) in [6.07, 6.45) is 16.9. The molecule has 0 fully saturated rings. The fraction of sp³-hybridized carbons (Fsp3) is 0.529. The van der Waals surface area contributed by atoms with Gasteiger partial charge in [-0.25, -0.2) is 0 Å². The van der Waals surface area contributed by atoms with E-state index in [9.17, 15) is 23.9 Å². The third-order valence-corrected chi connectivity index (χ3v) is 5.56. The van der Waals surface area contributed by atoms with Crippen molar-refractivity contribution >= 4 is 19.7 Å². The van der Waals surface area contributed by atoms with Gasteiger partial charge in [-0.1, -0.05) is 71.1 Å². The molecular formula is C34H66NNa2O9P. The summed E-state index contributed by atoms with van der Waals surface area (Å²) in [4.78, 5) is 43.2. The molecule has 0 rings (SSSR count). The molecule has 0 aliphatic rings. The average Bonchev–Trinajstić information content (AvgIpc) is 2.99. The molecule has 0 aliphatic carbocycles. The molecule has 0 radical (unpaired) electrons. The number of carbonyl (C=O) groups is 2. The minimum Gasteiger partial charge on any atom is -0.790 e. The van der Waals surface area contributed by atoms with Crippen molar-refractivity contribution in [3.8, 4) is 83.5 Å². The SMILES string of the molecule is C#CC#CC#CC#CC#CC#CC#CNC(C)=O.CCCCCCCCCCCCCC(=O)O[C@@H](COCO)COP(=O)([O-])[O-].[HH].[HH].[HH].[HH].[HH].[HH].[HH].[HH].[HH].[HH].[HH].[HH].[HH].[Na+].[Na+]. The van der Waals surface area contributed by atoms with E-state index in [1.807, 2.05) is 0 Å². The van der Waals surface area contributed by atoms with Gasteiger partial charge in [0, 0.05) is 73.5 Å². The Morgan fingerprint density at radius 3 is 1.66 bits per heavy atom. The smallest absolute Gasteiger partial charge is 0.790 e. The van der Waals surface area contributed by atoms with Gasteiger partial charge in [0.25, 0.3) is 0 Å². The quantitative estimate of drug-likeness (QED) is 0.0339. The number of amides is 1. The van der Waals surface area contributed by atoms with Gasteiger partial charge in [-0.2, -0.15) is 0 Å². The number of ether oxygens (including phenoxy) is 2. The van der Waals surface area contributed by atoms with E-state index in [2.05, 4.69) is 98.6 Å². The van der Waals surface area contributed by atoms with Crippen LogP contribution < -0.4 is 74.2 Å². The van der Waals surface area contributed by atoms with E-state index in [1.165, 1.54) is 51.9 Å². The molecule has 0 unspecified atom stereocenters. The molecule has 1 amide bonds. The minimum atomic E-state index is -5.15. The minimum absolute atomic E-state index is 0. The van der Waals surface area contributed by atoms with Gasteiger partial charge in [0.15, 0.2) is 0 Å². The Morgan fingerprint density at radius 2 is 1.23 bits per heavy atom. The maximum Gasteiger partial charge on any atom is 1.00 e. The number of rotatable bonds is 19. The zero-order chi connectivity index (χ0) is 33.9. The van der Waals surface area contributed by atoms with Gasteiger partial charge in [0.2, 0.25) is 5.91 Å². The van der Waals surface area contributed by atoms with Crippen molar-refractivity contribution in [3.63, 3.8) is 0 Å². The molecule has 13 heteroatoms. The summed E-state index contributed by atoms with van der Waals surface area (Å²) in [7, 11) is -5.15. The first-order chi connectivity index (χ1) is 21.7. The fourth-order valence-electron chi connectivity index (χ4n) is 3.12. The second-order valence-electron chi connectivity index (χ2n) is 8.97. The average molecular weight is 710 g/mol. The molecule has 0 saturated carbocycles. The van der Waals surface area contributed by atoms with Crippen molar-refractivity contribution in [2.75, 3.05) is 20.0 Å². The molecule has 0 spiro atoms. The van der Waals surface area contributed by atoms with Crippen LogP contribution in [0.5, 0.6) is 0 Å². The molecule has 2 N–H and O–H groups in total. The Labute approximate surface area is 344 Å². The van der Waals surface area contributed by atoms with Crippen molar-refractivity contribution in [2.45, 2.75) is 97.0 Å². The van der Waals surface area contributed by atoms with Gasteiger partial charge in [0.1, 0.15) is 12.9 Å². The van der Waals surface area contributed by atoms with E-state index in [1.54, 1.807) is 0 Å². The number of unbranched alkanes of at least 4 members (excludes halogenated alkanes) is 10. The van der Waals surface area contributed by atoms with Crippen LogP contribution in [0.25, 0.3) is 0 Å². The monoisotopic (exact) mass is 709 g/mol. The van der Waals surface area contributed by atoms with E-state index < -0.39 is 33.3 Å². The number of carbonyl (C=O) groups excluding carboxylic acids is 2. The zero-order valence-corrected chi connectivity index (χ0v) is 32.8. The number of nitrogens with one attached hydrogen (secondary N) is 1. The van der Waals surface area contributed by atoms with Crippen LogP contribution >= 0.6 is 7.82 Å². The maximum absolute atomic E-state index is 11.8. The van der Waals surface area contributed by atoms with Gasteiger partial charge in [-0.3, -0.25) is 14.9 Å². The molecule has 0 aromatic rings. The standard InChI is InChI=1S/C18H37O8P.C16H5NO.2Na.13H2/c1-2-3-4-5-6-7-8-9-10-11-12-13-18(20)26-17(14-24-16-19)15-25-27(21,22)23;1-3-4-5-6-7-8-9-10-11-12-13-14-15-17-16(2)18;;;;;;;;;;;;;;;/h17,19H,2-16H2,1H3,(H2,21,22,23);1H,2H3,(H,17,18);;;13*1H/q;;2*+1;;;;;;;;;;;;;/p-2/t17-;;;;;;;;;;;;;;;;/m0................/s1. The Hall–Kier alpha value is -2.11. The molecule has 10 nitrogen and oxygen atoms in total. The van der Waals surface area contributed by atoms with E-state index in [4.69, 9.17) is 16.3 Å². The van der Waals surface area contributed by atoms with Gasteiger partial charge < -0.3 is 33.5 Å². The van der Waals surface area contributed by atoms with Crippen LogP contribution in [0, 0.1) is 83.5 Å². The Kier molecular flexibility index (Phi) is 44.1. The van der Waals surface area contributed by atoms with Crippen molar-refractivity contribution in [1.82, 2.24) is 5.32 Å². The third-order valence-electron chi connectivity index (χ3n) is 5.09. The summed E-state index contributed by atoms with van der Waals surface area (Å²) in [5.41, 5.74) is 0. The van der Waals surface area contributed by atoms with Crippen LogP contribution in [-0.4, -0.2) is 43.1 Å². The summed E-state index contributed by atoms with van der Waals surface area (Å²) < 4.78 is 24.3. The molecule has 0 heterocycles. The van der Waals surface area contributed by atoms with Gasteiger partial charge in [0.05, 0.1) is 21.0 Å². The van der Waals surface area contributed by atoms with E-state index in [0.29, 0.717) is 6.42 Å². The molecule has 47 heavy (non-hydrogen) atoms. The topological polar surface area (TPSA) is 157 Å². The number of hydrogen-bond donors (Lipinski definition) is 2. The number of terminal acetylenes is 1. The number of aliphatic hydroxyl groups excluding tert-OH is 1. The molecule has 1 atom stereocenters. The zero-order valence-electron chi connectivity index (χ0n) is 27.9. The summed E-state index contributed by atoms with van der Waals surface area (Å²) >= 11 is 0. The first-order valence-electron chi connectivity index (χ1n) is 14.4. The number of esters is 1. The summed E-state index contributed by atoms with van der Waals surface area (Å²) in [6.45, 7) is 2.09. The summed E-state index contributed by atoms with van der Waals surface area (Å²) in [6, 6.07) is 2.33. The molecular weight excluding hydrogens is 643 g/mol. The largest absolute Gasteiger partial charge is 1.00 e. The van der Waals surface area contributed by atoms with Crippen molar-refractivity contribution in [3.05, 3.63) is 0 Å². The molecule has 268 valence electrons. The van der Waals surface area contributed by atoms with Crippen LogP contribution in [0.3, 0.4) is 0 Å². The third kappa shape index (κ3) is 48.4. The second kappa shape index (κ2) is 40.1. The van der Waals surface area contributed by atoms with Gasteiger partial charge >= 0.3 is 65.1 Å². The molecule has 0 saturated heterocycles. The predicted molar refractivity (Wildman–Crippen MR) is 194 cm³/mol. The van der Waals surface area contributed by atoms with Crippen LogP contribution in [0.1, 0.15) is 109 Å². The molecule has 0 aliphatic heterocycles. The van der Waals surface area contributed by atoms with Crippen LogP contribution in [0.15, 0.2) is 0 Å². The first-order valence-corrected chi connectivity index (χ1v) is 15.9. The van der Waals surface area contributed by atoms with Gasteiger partial charge in [-0.15, -0.1) is 6.42 Å². The normalized spacial score (nSPS) is 9.19. The summed E-state index contributed by atoms with van der Waals surface area (Å²) in [5, 5.41) is 10.9. The van der Waals surface area contributed by atoms with E-state index >= 15 is 0 Å². The van der Waals surface area contributed by atoms with Crippen LogP contribution in [0.4, 0.5) is 0 Å². The number of phosphoric acid groups is 1. The molecule has 0 aromatic heterocycles. The van der Waals surface area contributed by atoms with Crippen LogP contribution in [-0.2, 0) is 28.2 Å². The fourth-order valence-corrected chi connectivity index (χ4v) is 3.47. The van der Waals surface area contributed by atoms with E-state index in [0.717, 1.165) is 19.3 Å². The molecule has 0 bridgehead atoms. The van der Waals surface area contributed by atoms with Crippen LogP contribution in [0.2, 0.25) is 0 Å². The van der Waals surface area contributed by atoms with E-state index in [-0.39, 0.29) is 96.6 Å². The summed E-state index contributed by atoms with van der Waals surface area (Å²) in [5.74, 6) is 27.9. The number of phosphoric ester groups is 1. The van der Waals surface area contributed by atoms with Crippen molar-refractivity contribution in [1.29, 1.82) is 0 Å². The predicted octanol–water partition coefficient (Wildman–Crippen LogP) is -0.649.